The number of benzene rings is 2. The van der Waals surface area contributed by atoms with Crippen molar-refractivity contribution < 1.29 is 42.5 Å². The highest BCUT2D eigenvalue weighted by molar-refractivity contribution is 5.97. The molecule has 3 N–H and O–H groups in total. The Morgan fingerprint density at radius 1 is 1.05 bits per heavy atom. The molecule has 2 aromatic carbocycles. The zero-order valence-corrected chi connectivity index (χ0v) is 20.6. The number of amides is 1. The molecule has 0 radical (unpaired) electrons. The number of imidazole rings is 1. The molecule has 3 rings (SSSR count). The van der Waals surface area contributed by atoms with E-state index in [9.17, 15) is 32.7 Å². The van der Waals surface area contributed by atoms with Crippen molar-refractivity contribution in [3.8, 4) is 5.75 Å². The summed E-state index contributed by atoms with van der Waals surface area (Å²) in [5.74, 6) is -2.62. The molecule has 0 atom stereocenters. The Balaban J connectivity index is 1.84. The first-order valence-electron chi connectivity index (χ1n) is 11.7. The van der Waals surface area contributed by atoms with Gasteiger partial charge in [-0.05, 0) is 30.2 Å². The number of nitrogens with zero attached hydrogens (tertiary/aromatic N) is 2. The first-order valence-corrected chi connectivity index (χ1v) is 11.7. The van der Waals surface area contributed by atoms with E-state index in [1.165, 1.54) is 25.1 Å². The zero-order chi connectivity index (χ0) is 28.0. The predicted molar refractivity (Wildman–Crippen MR) is 130 cm³/mol. The van der Waals surface area contributed by atoms with E-state index in [-0.39, 0.29) is 29.4 Å². The normalized spacial score (nSPS) is 11.3. The number of aromatic nitrogens is 2. The first-order chi connectivity index (χ1) is 17.9. The molecule has 9 nitrogen and oxygen atoms in total. The van der Waals surface area contributed by atoms with E-state index in [0.29, 0.717) is 17.8 Å². The van der Waals surface area contributed by atoms with E-state index < -0.39 is 41.8 Å². The number of carbonyl (C=O) groups is 3. The number of hydrogen-bond donors (Lipinski definition) is 3. The summed E-state index contributed by atoms with van der Waals surface area (Å²) in [6.45, 7) is 2.91. The van der Waals surface area contributed by atoms with Crippen LogP contribution in [0.2, 0.25) is 0 Å². The first kappa shape index (κ1) is 28.2. The number of aromatic carboxylic acids is 2. The molecular formula is C26H26F3N3O6. The Hall–Kier alpha value is -4.35. The summed E-state index contributed by atoms with van der Waals surface area (Å²) >= 11 is 0. The van der Waals surface area contributed by atoms with Crippen molar-refractivity contribution in [2.24, 2.45) is 0 Å². The van der Waals surface area contributed by atoms with Crippen LogP contribution >= 0.6 is 0 Å². The third-order valence-electron chi connectivity index (χ3n) is 5.62. The number of alkyl halides is 3. The molecule has 1 aromatic heterocycles. The van der Waals surface area contributed by atoms with Crippen molar-refractivity contribution in [1.82, 2.24) is 9.55 Å². The maximum absolute atomic E-state index is 13.5. The minimum atomic E-state index is -4.88. The van der Waals surface area contributed by atoms with Gasteiger partial charge in [0.2, 0.25) is 5.91 Å². The van der Waals surface area contributed by atoms with Crippen LogP contribution in [0, 0.1) is 0 Å². The maximum Gasteiger partial charge on any atom is 0.417 e. The Bertz CT molecular complexity index is 1330. The SMILES string of the molecule is CCCCc1nc(C(=O)O)c(NC(C)=O)n1Cc1ccc(OCc2cccc(C(=O)O)c2C(F)(F)F)cc1. The molecule has 3 aromatic rings. The lowest BCUT2D eigenvalue weighted by molar-refractivity contribution is -0.139. The van der Waals surface area contributed by atoms with Gasteiger partial charge in [-0.1, -0.05) is 37.6 Å². The molecule has 0 spiro atoms. The van der Waals surface area contributed by atoms with Crippen molar-refractivity contribution in [2.75, 3.05) is 5.32 Å². The molecule has 0 aliphatic carbocycles. The molecule has 12 heteroatoms. The van der Waals surface area contributed by atoms with Crippen LogP contribution in [-0.4, -0.2) is 37.6 Å². The highest BCUT2D eigenvalue weighted by atomic mass is 19.4. The summed E-state index contributed by atoms with van der Waals surface area (Å²) in [4.78, 5) is 39.0. The van der Waals surface area contributed by atoms with Gasteiger partial charge in [0.15, 0.2) is 5.69 Å². The minimum absolute atomic E-state index is 0.0643. The average Bonchev–Trinajstić information content (AvgIpc) is 3.17. The number of unbranched alkanes of at least 4 members (excludes halogenated alkanes) is 1. The Labute approximate surface area is 215 Å². The van der Waals surface area contributed by atoms with Crippen LogP contribution < -0.4 is 10.1 Å². The lowest BCUT2D eigenvalue weighted by Crippen LogP contribution is -2.17. The topological polar surface area (TPSA) is 131 Å². The molecule has 0 saturated heterocycles. The van der Waals surface area contributed by atoms with Gasteiger partial charge < -0.3 is 24.8 Å². The second-order valence-electron chi connectivity index (χ2n) is 8.48. The van der Waals surface area contributed by atoms with Gasteiger partial charge in [-0.15, -0.1) is 0 Å². The number of carboxylic acid groups (broad SMARTS) is 2. The van der Waals surface area contributed by atoms with Crippen LogP contribution in [0.15, 0.2) is 42.5 Å². The van der Waals surface area contributed by atoms with Crippen molar-refractivity contribution in [1.29, 1.82) is 0 Å². The zero-order valence-electron chi connectivity index (χ0n) is 20.6. The molecule has 0 saturated carbocycles. The third-order valence-corrected chi connectivity index (χ3v) is 5.62. The average molecular weight is 534 g/mol. The summed E-state index contributed by atoms with van der Waals surface area (Å²) in [6, 6.07) is 9.62. The van der Waals surface area contributed by atoms with Gasteiger partial charge in [-0.25, -0.2) is 14.6 Å². The summed E-state index contributed by atoms with van der Waals surface area (Å²) in [5, 5.41) is 21.3. The lowest BCUT2D eigenvalue weighted by Gasteiger charge is -2.16. The van der Waals surface area contributed by atoms with E-state index in [4.69, 9.17) is 9.84 Å². The fraction of sp³-hybridized carbons (Fsp3) is 0.308. The van der Waals surface area contributed by atoms with Crippen molar-refractivity contribution in [2.45, 2.75) is 52.4 Å². The highest BCUT2D eigenvalue weighted by Gasteiger charge is 2.38. The number of anilines is 1. The van der Waals surface area contributed by atoms with Gasteiger partial charge in [0.25, 0.3) is 0 Å². The fourth-order valence-electron chi connectivity index (χ4n) is 3.91. The number of hydrogen-bond acceptors (Lipinski definition) is 5. The molecule has 0 aliphatic rings. The van der Waals surface area contributed by atoms with Crippen LogP contribution in [0.1, 0.15) is 70.1 Å². The molecular weight excluding hydrogens is 507 g/mol. The Kier molecular flexibility index (Phi) is 8.76. The number of ether oxygens (including phenoxy) is 1. The van der Waals surface area contributed by atoms with Crippen molar-refractivity contribution in [3.63, 3.8) is 0 Å². The molecule has 1 amide bonds. The van der Waals surface area contributed by atoms with E-state index in [1.54, 1.807) is 16.7 Å². The maximum atomic E-state index is 13.5. The van der Waals surface area contributed by atoms with E-state index in [2.05, 4.69) is 10.3 Å². The molecule has 202 valence electrons. The van der Waals surface area contributed by atoms with Crippen LogP contribution in [0.4, 0.5) is 19.0 Å². The monoisotopic (exact) mass is 533 g/mol. The lowest BCUT2D eigenvalue weighted by atomic mass is 10.0. The van der Waals surface area contributed by atoms with Crippen molar-refractivity contribution >= 4 is 23.7 Å². The van der Waals surface area contributed by atoms with Gasteiger partial charge in [0.1, 0.15) is 24.0 Å². The fourth-order valence-corrected chi connectivity index (χ4v) is 3.91. The molecule has 0 bridgehead atoms. The summed E-state index contributed by atoms with van der Waals surface area (Å²) in [7, 11) is 0. The Morgan fingerprint density at radius 2 is 1.74 bits per heavy atom. The minimum Gasteiger partial charge on any atom is -0.489 e. The largest absolute Gasteiger partial charge is 0.489 e. The van der Waals surface area contributed by atoms with Gasteiger partial charge in [0.05, 0.1) is 17.7 Å². The number of aryl methyl sites for hydroxylation is 1. The predicted octanol–water partition coefficient (Wildman–Crippen LogP) is 5.23. The smallest absolute Gasteiger partial charge is 0.417 e. The van der Waals surface area contributed by atoms with Crippen LogP contribution in [-0.2, 0) is 30.5 Å². The second-order valence-corrected chi connectivity index (χ2v) is 8.48. The van der Waals surface area contributed by atoms with Crippen molar-refractivity contribution in [3.05, 3.63) is 76.2 Å². The van der Waals surface area contributed by atoms with Gasteiger partial charge in [-0.3, -0.25) is 4.79 Å². The molecule has 0 unspecified atom stereocenters. The number of carboxylic acids is 2. The van der Waals surface area contributed by atoms with Crippen LogP contribution in [0.5, 0.6) is 5.75 Å². The number of rotatable bonds is 11. The van der Waals surface area contributed by atoms with Crippen LogP contribution in [0.25, 0.3) is 0 Å². The molecule has 0 fully saturated rings. The number of halogens is 3. The molecule has 38 heavy (non-hydrogen) atoms. The summed E-state index contributed by atoms with van der Waals surface area (Å²) < 4.78 is 47.7. The summed E-state index contributed by atoms with van der Waals surface area (Å²) in [5.41, 5.74) is -2.01. The van der Waals surface area contributed by atoms with E-state index in [1.807, 2.05) is 6.92 Å². The Morgan fingerprint density at radius 3 is 2.29 bits per heavy atom. The summed E-state index contributed by atoms with van der Waals surface area (Å²) in [6.07, 6.45) is -2.78. The van der Waals surface area contributed by atoms with Gasteiger partial charge >= 0.3 is 18.1 Å². The second kappa shape index (κ2) is 11.8. The quantitative estimate of drug-likeness (QED) is 0.308. The highest BCUT2D eigenvalue weighted by Crippen LogP contribution is 2.35. The van der Waals surface area contributed by atoms with E-state index in [0.717, 1.165) is 25.0 Å². The third kappa shape index (κ3) is 6.69. The molecule has 0 aliphatic heterocycles. The number of carbonyl (C=O) groups excluding carboxylic acids is 1. The number of nitrogens with one attached hydrogen (secondary N) is 1. The van der Waals surface area contributed by atoms with E-state index >= 15 is 0 Å². The molecule has 1 heterocycles. The van der Waals surface area contributed by atoms with Crippen LogP contribution in [0.3, 0.4) is 0 Å². The standard InChI is InChI=1S/C26H26F3N3O6/c1-3-4-8-20-31-22(25(36)37)23(30-15(2)33)32(20)13-16-9-11-18(12-10-16)38-14-17-6-5-7-19(24(34)35)21(17)26(27,28)29/h5-7,9-12H,3-4,8,13-14H2,1-2H3,(H,30,33)(H,34,35)(H,36,37). The van der Waals surface area contributed by atoms with Gasteiger partial charge in [0, 0.05) is 18.9 Å². The van der Waals surface area contributed by atoms with Gasteiger partial charge in [-0.2, -0.15) is 13.2 Å².